The fraction of sp³-hybridized carbons (Fsp3) is 0.421. The van der Waals surface area contributed by atoms with Gasteiger partial charge >= 0.3 is 0 Å². The number of nitrogens with zero attached hydrogens (tertiary/aromatic N) is 3. The molecule has 128 valence electrons. The van der Waals surface area contributed by atoms with Crippen molar-refractivity contribution < 1.29 is 9.32 Å². The predicted octanol–water partition coefficient (Wildman–Crippen LogP) is 3.71. The quantitative estimate of drug-likeness (QED) is 0.791. The van der Waals surface area contributed by atoms with Crippen LogP contribution in [0.2, 0.25) is 0 Å². The molecule has 5 rings (SSSR count). The molecule has 2 fully saturated rings. The van der Waals surface area contributed by atoms with E-state index in [-0.39, 0.29) is 11.9 Å². The smallest absolute Gasteiger partial charge is 0.293 e. The molecule has 1 aromatic carbocycles. The monoisotopic (exact) mass is 336 g/mol. The number of hydrogen-bond acceptors (Lipinski definition) is 4. The summed E-state index contributed by atoms with van der Waals surface area (Å²) >= 11 is 0. The number of benzene rings is 1. The third kappa shape index (κ3) is 2.52. The first-order chi connectivity index (χ1) is 12.2. The van der Waals surface area contributed by atoms with Crippen molar-refractivity contribution in [1.29, 1.82) is 0 Å². The lowest BCUT2D eigenvalue weighted by Crippen LogP contribution is -2.30. The van der Waals surface area contributed by atoms with Crippen LogP contribution in [0.1, 0.15) is 65.3 Å². The van der Waals surface area contributed by atoms with Crippen molar-refractivity contribution in [2.75, 3.05) is 6.54 Å². The molecule has 1 amide bonds. The highest BCUT2D eigenvalue weighted by Gasteiger charge is 2.35. The van der Waals surface area contributed by atoms with Gasteiger partial charge in [0.05, 0.1) is 22.8 Å². The highest BCUT2D eigenvalue weighted by molar-refractivity contribution is 5.92. The third-order valence-corrected chi connectivity index (χ3v) is 5.22. The van der Waals surface area contributed by atoms with Gasteiger partial charge < -0.3 is 14.4 Å². The van der Waals surface area contributed by atoms with E-state index in [1.54, 1.807) is 0 Å². The Hall–Kier alpha value is -2.63. The zero-order chi connectivity index (χ0) is 17.0. The van der Waals surface area contributed by atoms with E-state index >= 15 is 0 Å². The van der Waals surface area contributed by atoms with Crippen molar-refractivity contribution in [3.05, 3.63) is 47.1 Å². The van der Waals surface area contributed by atoms with Crippen LogP contribution >= 0.6 is 0 Å². The van der Waals surface area contributed by atoms with Crippen LogP contribution in [0.15, 0.2) is 28.8 Å². The SMILES string of the molecule is Cc1ccc2nc([C@@H]3CCCN3C(=O)c3cc(C4CC4)no3)[nH]c2c1. The van der Waals surface area contributed by atoms with Gasteiger partial charge in [0.25, 0.3) is 5.91 Å². The number of aryl methyl sites for hydroxylation is 1. The average Bonchev–Trinajstić information content (AvgIpc) is 3.05. The van der Waals surface area contributed by atoms with Gasteiger partial charge in [0.1, 0.15) is 5.82 Å². The summed E-state index contributed by atoms with van der Waals surface area (Å²) < 4.78 is 5.33. The second-order valence-corrected chi connectivity index (χ2v) is 7.19. The largest absolute Gasteiger partial charge is 0.351 e. The van der Waals surface area contributed by atoms with Crippen LogP contribution in [0, 0.1) is 6.92 Å². The fourth-order valence-corrected chi connectivity index (χ4v) is 3.70. The first kappa shape index (κ1) is 14.7. The Morgan fingerprint density at radius 2 is 2.16 bits per heavy atom. The Bertz CT molecular complexity index is 953. The highest BCUT2D eigenvalue weighted by Crippen LogP contribution is 2.40. The lowest BCUT2D eigenvalue weighted by atomic mass is 10.2. The van der Waals surface area contributed by atoms with E-state index in [9.17, 15) is 4.79 Å². The molecule has 1 aliphatic heterocycles. The van der Waals surface area contributed by atoms with Gasteiger partial charge in [-0.25, -0.2) is 4.98 Å². The molecular formula is C19H20N4O2. The van der Waals surface area contributed by atoms with Gasteiger partial charge in [-0.3, -0.25) is 4.79 Å². The van der Waals surface area contributed by atoms with Crippen molar-refractivity contribution in [3.8, 4) is 0 Å². The number of amides is 1. The molecule has 0 unspecified atom stereocenters. The number of rotatable bonds is 3. The van der Waals surface area contributed by atoms with Crippen LogP contribution in [0.3, 0.4) is 0 Å². The molecule has 1 atom stereocenters. The second kappa shape index (κ2) is 5.44. The predicted molar refractivity (Wildman–Crippen MR) is 92.3 cm³/mol. The lowest BCUT2D eigenvalue weighted by molar-refractivity contribution is 0.0688. The Morgan fingerprint density at radius 3 is 3.00 bits per heavy atom. The maximum absolute atomic E-state index is 12.9. The van der Waals surface area contributed by atoms with Gasteiger partial charge in [0.2, 0.25) is 5.76 Å². The van der Waals surface area contributed by atoms with E-state index < -0.39 is 0 Å². The molecule has 1 aliphatic carbocycles. The maximum atomic E-state index is 12.9. The number of hydrogen-bond donors (Lipinski definition) is 1. The highest BCUT2D eigenvalue weighted by atomic mass is 16.5. The summed E-state index contributed by atoms with van der Waals surface area (Å²) in [5.41, 5.74) is 4.06. The molecule has 6 nitrogen and oxygen atoms in total. The number of carbonyl (C=O) groups is 1. The first-order valence-electron chi connectivity index (χ1n) is 8.93. The number of nitrogens with one attached hydrogen (secondary N) is 1. The minimum absolute atomic E-state index is 0.0327. The topological polar surface area (TPSA) is 75.0 Å². The van der Waals surface area contributed by atoms with E-state index in [4.69, 9.17) is 9.51 Å². The van der Waals surface area contributed by atoms with Crippen LogP contribution < -0.4 is 0 Å². The molecule has 0 spiro atoms. The molecule has 1 saturated carbocycles. The Morgan fingerprint density at radius 1 is 1.28 bits per heavy atom. The van der Waals surface area contributed by atoms with E-state index in [0.29, 0.717) is 11.7 Å². The summed E-state index contributed by atoms with van der Waals surface area (Å²) in [6.07, 6.45) is 4.17. The molecule has 0 bridgehead atoms. The van der Waals surface area contributed by atoms with Crippen molar-refractivity contribution >= 4 is 16.9 Å². The lowest BCUT2D eigenvalue weighted by Gasteiger charge is -2.21. The zero-order valence-electron chi connectivity index (χ0n) is 14.2. The fourth-order valence-electron chi connectivity index (χ4n) is 3.70. The van der Waals surface area contributed by atoms with Crippen LogP contribution in [-0.4, -0.2) is 32.5 Å². The zero-order valence-corrected chi connectivity index (χ0v) is 14.2. The van der Waals surface area contributed by atoms with Gasteiger partial charge in [0.15, 0.2) is 0 Å². The Kier molecular flexibility index (Phi) is 3.20. The summed E-state index contributed by atoms with van der Waals surface area (Å²) in [6.45, 7) is 2.78. The summed E-state index contributed by atoms with van der Waals surface area (Å²) in [7, 11) is 0. The third-order valence-electron chi connectivity index (χ3n) is 5.22. The van der Waals surface area contributed by atoms with Gasteiger partial charge in [-0.1, -0.05) is 11.2 Å². The minimum Gasteiger partial charge on any atom is -0.351 e. The summed E-state index contributed by atoms with van der Waals surface area (Å²) in [6, 6.07) is 7.94. The number of imidazole rings is 1. The molecular weight excluding hydrogens is 316 g/mol. The van der Waals surface area contributed by atoms with Crippen molar-refractivity contribution in [2.45, 2.75) is 44.6 Å². The van der Waals surface area contributed by atoms with Gasteiger partial charge in [-0.15, -0.1) is 0 Å². The summed E-state index contributed by atoms with van der Waals surface area (Å²) in [5, 5.41) is 4.07. The van der Waals surface area contributed by atoms with Crippen molar-refractivity contribution in [2.24, 2.45) is 0 Å². The molecule has 0 radical (unpaired) electrons. The van der Waals surface area contributed by atoms with Crippen molar-refractivity contribution in [3.63, 3.8) is 0 Å². The number of aromatic nitrogens is 3. The van der Waals surface area contributed by atoms with Crippen LogP contribution in [-0.2, 0) is 0 Å². The van der Waals surface area contributed by atoms with Gasteiger partial charge in [-0.2, -0.15) is 0 Å². The molecule has 1 N–H and O–H groups in total. The molecule has 6 heteroatoms. The van der Waals surface area contributed by atoms with Gasteiger partial charge in [0, 0.05) is 18.5 Å². The molecule has 3 heterocycles. The Balaban J connectivity index is 1.44. The number of likely N-dealkylation sites (tertiary alicyclic amines) is 1. The van der Waals surface area contributed by atoms with Crippen molar-refractivity contribution in [1.82, 2.24) is 20.0 Å². The van der Waals surface area contributed by atoms with Crippen LogP contribution in [0.5, 0.6) is 0 Å². The van der Waals surface area contributed by atoms with E-state index in [2.05, 4.69) is 29.2 Å². The van der Waals surface area contributed by atoms with Crippen LogP contribution in [0.4, 0.5) is 0 Å². The molecule has 3 aromatic rings. The molecule has 1 saturated heterocycles. The molecule has 2 aliphatic rings. The summed E-state index contributed by atoms with van der Waals surface area (Å²) in [5.74, 6) is 1.60. The number of carbonyl (C=O) groups excluding carboxylic acids is 1. The summed E-state index contributed by atoms with van der Waals surface area (Å²) in [4.78, 5) is 22.9. The number of H-pyrrole nitrogens is 1. The van der Waals surface area contributed by atoms with E-state index in [0.717, 1.165) is 54.8 Å². The molecule has 25 heavy (non-hydrogen) atoms. The standard InChI is InChI=1S/C19H20N4O2/c1-11-4-7-13-15(9-11)21-18(20-13)16-3-2-8-23(16)19(24)17-10-14(22-25-17)12-5-6-12/h4,7,9-10,12,16H,2-3,5-6,8H2,1H3,(H,20,21)/t16-/m0/s1. The average molecular weight is 336 g/mol. The van der Waals surface area contributed by atoms with Crippen LogP contribution in [0.25, 0.3) is 11.0 Å². The van der Waals surface area contributed by atoms with E-state index in [1.165, 1.54) is 5.56 Å². The minimum atomic E-state index is -0.0847. The first-order valence-corrected chi connectivity index (χ1v) is 8.93. The normalized spacial score (nSPS) is 20.5. The Labute approximate surface area is 145 Å². The number of aromatic amines is 1. The number of fused-ring (bicyclic) bond motifs is 1. The van der Waals surface area contributed by atoms with E-state index in [1.807, 2.05) is 17.0 Å². The molecule has 2 aromatic heterocycles. The maximum Gasteiger partial charge on any atom is 0.293 e. The van der Waals surface area contributed by atoms with Gasteiger partial charge in [-0.05, 0) is 50.3 Å². The second-order valence-electron chi connectivity index (χ2n) is 7.19.